The van der Waals surface area contributed by atoms with E-state index in [1.54, 1.807) is 15.6 Å². The normalized spacial score (nSPS) is 11.2. The van der Waals surface area contributed by atoms with Crippen LogP contribution in [0.15, 0.2) is 47.7 Å². The van der Waals surface area contributed by atoms with Gasteiger partial charge in [0.15, 0.2) is 5.65 Å². The van der Waals surface area contributed by atoms with E-state index in [4.69, 9.17) is 0 Å². The van der Waals surface area contributed by atoms with Crippen molar-refractivity contribution in [3.8, 4) is 0 Å². The molecule has 1 amide bonds. The zero-order chi connectivity index (χ0) is 17.8. The van der Waals surface area contributed by atoms with Crippen LogP contribution in [0.3, 0.4) is 0 Å². The lowest BCUT2D eigenvalue weighted by Crippen LogP contribution is -2.31. The van der Waals surface area contributed by atoms with Gasteiger partial charge in [-0.3, -0.25) is 14.2 Å². The lowest BCUT2D eigenvalue weighted by atomic mass is 10.2. The molecule has 0 spiro atoms. The molecule has 25 heavy (non-hydrogen) atoms. The van der Waals surface area contributed by atoms with E-state index >= 15 is 0 Å². The Hall–Kier alpha value is -2.96. The summed E-state index contributed by atoms with van der Waals surface area (Å²) in [6.45, 7) is 5.07. The van der Waals surface area contributed by atoms with Gasteiger partial charge in [0.2, 0.25) is 5.91 Å². The fourth-order valence-corrected chi connectivity index (χ4v) is 2.54. The van der Waals surface area contributed by atoms with Crippen molar-refractivity contribution in [1.29, 1.82) is 0 Å². The van der Waals surface area contributed by atoms with Crippen molar-refractivity contribution in [2.24, 2.45) is 5.92 Å². The fraction of sp³-hybridized carbons (Fsp3) is 0.333. The zero-order valence-corrected chi connectivity index (χ0v) is 14.3. The molecule has 0 bridgehead atoms. The number of nitrogens with zero attached hydrogens (tertiary/aromatic N) is 4. The average molecular weight is 339 g/mol. The first kappa shape index (κ1) is 16.9. The molecule has 0 aliphatic rings. The van der Waals surface area contributed by atoms with Crippen LogP contribution in [0, 0.1) is 5.92 Å². The van der Waals surface area contributed by atoms with Crippen LogP contribution >= 0.6 is 0 Å². The molecule has 1 N–H and O–H groups in total. The van der Waals surface area contributed by atoms with E-state index < -0.39 is 0 Å². The minimum Gasteiger partial charge on any atom is -0.354 e. The molecule has 3 rings (SSSR count). The van der Waals surface area contributed by atoms with Crippen molar-refractivity contribution < 1.29 is 4.79 Å². The maximum atomic E-state index is 12.6. The highest BCUT2D eigenvalue weighted by molar-refractivity contribution is 5.77. The highest BCUT2D eigenvalue weighted by Gasteiger charge is 2.11. The lowest BCUT2D eigenvalue weighted by molar-refractivity contribution is -0.124. The minimum atomic E-state index is -0.119. The second kappa shape index (κ2) is 7.29. The van der Waals surface area contributed by atoms with Crippen LogP contribution in [0.1, 0.15) is 19.4 Å². The molecule has 0 aliphatic carbocycles. The van der Waals surface area contributed by atoms with Crippen LogP contribution in [0.5, 0.6) is 0 Å². The molecular weight excluding hydrogens is 318 g/mol. The minimum absolute atomic E-state index is 0.00497. The van der Waals surface area contributed by atoms with Gasteiger partial charge < -0.3 is 5.32 Å². The third-order valence-corrected chi connectivity index (χ3v) is 3.97. The van der Waals surface area contributed by atoms with Crippen molar-refractivity contribution in [1.82, 2.24) is 24.6 Å². The first-order valence-corrected chi connectivity index (χ1v) is 8.29. The molecule has 2 heterocycles. The van der Waals surface area contributed by atoms with Crippen molar-refractivity contribution in [2.45, 2.75) is 26.9 Å². The van der Waals surface area contributed by atoms with Crippen molar-refractivity contribution >= 4 is 16.9 Å². The predicted octanol–water partition coefficient (Wildman–Crippen LogP) is 1.41. The molecule has 0 radical (unpaired) electrons. The van der Waals surface area contributed by atoms with Crippen LogP contribution in [0.4, 0.5) is 0 Å². The summed E-state index contributed by atoms with van der Waals surface area (Å²) in [6, 6.07) is 9.76. The average Bonchev–Trinajstić information content (AvgIpc) is 3.02. The second-order valence-electron chi connectivity index (χ2n) is 6.21. The highest BCUT2D eigenvalue weighted by Crippen LogP contribution is 2.07. The van der Waals surface area contributed by atoms with Crippen molar-refractivity contribution in [3.63, 3.8) is 0 Å². The molecular formula is C18H21N5O2. The quantitative estimate of drug-likeness (QED) is 0.736. The Morgan fingerprint density at radius 1 is 1.24 bits per heavy atom. The number of nitrogens with one attached hydrogen (secondary N) is 1. The summed E-state index contributed by atoms with van der Waals surface area (Å²) >= 11 is 0. The van der Waals surface area contributed by atoms with E-state index in [1.807, 2.05) is 44.2 Å². The van der Waals surface area contributed by atoms with E-state index in [0.717, 1.165) is 5.56 Å². The van der Waals surface area contributed by atoms with Crippen LogP contribution < -0.4 is 10.9 Å². The van der Waals surface area contributed by atoms with Gasteiger partial charge in [-0.05, 0) is 5.56 Å². The summed E-state index contributed by atoms with van der Waals surface area (Å²) in [7, 11) is 0. The van der Waals surface area contributed by atoms with Crippen molar-refractivity contribution in [2.75, 3.05) is 6.54 Å². The topological polar surface area (TPSA) is 81.8 Å². The molecule has 7 nitrogen and oxygen atoms in total. The summed E-state index contributed by atoms with van der Waals surface area (Å²) in [4.78, 5) is 28.6. The number of hydrogen-bond donors (Lipinski definition) is 1. The largest absolute Gasteiger partial charge is 0.354 e. The predicted molar refractivity (Wildman–Crippen MR) is 95.2 cm³/mol. The molecule has 3 aromatic rings. The van der Waals surface area contributed by atoms with Gasteiger partial charge in [-0.1, -0.05) is 44.2 Å². The maximum absolute atomic E-state index is 12.6. The monoisotopic (exact) mass is 339 g/mol. The number of fused-ring (bicyclic) bond motifs is 1. The first-order chi connectivity index (χ1) is 12.1. The summed E-state index contributed by atoms with van der Waals surface area (Å²) in [5, 5.41) is 7.55. The third kappa shape index (κ3) is 3.76. The molecule has 2 aromatic heterocycles. The lowest BCUT2D eigenvalue weighted by Gasteiger charge is -2.08. The maximum Gasteiger partial charge on any atom is 0.264 e. The summed E-state index contributed by atoms with van der Waals surface area (Å²) in [5.41, 5.74) is 1.45. The number of benzene rings is 1. The number of carbonyl (C=O) groups excluding carboxylic acids is 1. The van der Waals surface area contributed by atoms with Gasteiger partial charge in [0, 0.05) is 12.5 Å². The Morgan fingerprint density at radius 2 is 2.00 bits per heavy atom. The van der Waals surface area contributed by atoms with Gasteiger partial charge in [-0.25, -0.2) is 9.67 Å². The number of rotatable bonds is 6. The van der Waals surface area contributed by atoms with Crippen molar-refractivity contribution in [3.05, 3.63) is 58.8 Å². The number of carbonyl (C=O) groups is 1. The van der Waals surface area contributed by atoms with Gasteiger partial charge in [0.25, 0.3) is 5.56 Å². The summed E-state index contributed by atoms with van der Waals surface area (Å²) in [6.07, 6.45) is 3.08. The Morgan fingerprint density at radius 3 is 2.72 bits per heavy atom. The van der Waals surface area contributed by atoms with Gasteiger partial charge >= 0.3 is 0 Å². The molecule has 0 unspecified atom stereocenters. The third-order valence-electron chi connectivity index (χ3n) is 3.97. The number of hydrogen-bond acceptors (Lipinski definition) is 4. The first-order valence-electron chi connectivity index (χ1n) is 8.29. The van der Waals surface area contributed by atoms with Gasteiger partial charge in [-0.15, -0.1) is 0 Å². The van der Waals surface area contributed by atoms with Gasteiger partial charge in [-0.2, -0.15) is 5.10 Å². The van der Waals surface area contributed by atoms with Gasteiger partial charge in [0.1, 0.15) is 11.7 Å². The van der Waals surface area contributed by atoms with E-state index in [1.165, 1.54) is 6.20 Å². The molecule has 0 saturated carbocycles. The molecule has 0 atom stereocenters. The van der Waals surface area contributed by atoms with E-state index in [0.29, 0.717) is 30.7 Å². The molecule has 1 aromatic carbocycles. The Labute approximate surface area is 145 Å². The highest BCUT2D eigenvalue weighted by atomic mass is 16.2. The standard InChI is InChI=1S/C18H21N5O2/c1-13(2)17(24)19-8-9-23-16-15(10-21-23)18(25)22(12-20-16)11-14-6-4-3-5-7-14/h3-7,10,12-13H,8-9,11H2,1-2H3,(H,19,24). The molecule has 130 valence electrons. The molecule has 0 saturated heterocycles. The van der Waals surface area contributed by atoms with E-state index in [9.17, 15) is 9.59 Å². The Balaban J connectivity index is 1.77. The van der Waals surface area contributed by atoms with Crippen LogP contribution in [0.2, 0.25) is 0 Å². The smallest absolute Gasteiger partial charge is 0.264 e. The Bertz CT molecular complexity index is 928. The molecule has 7 heteroatoms. The summed E-state index contributed by atoms with van der Waals surface area (Å²) in [5.74, 6) is -0.0627. The van der Waals surface area contributed by atoms with Gasteiger partial charge in [0.05, 0.1) is 19.3 Å². The number of amides is 1. The fourth-order valence-electron chi connectivity index (χ4n) is 2.54. The van der Waals surface area contributed by atoms with E-state index in [2.05, 4.69) is 15.4 Å². The Kier molecular flexibility index (Phi) is 4.92. The van der Waals surface area contributed by atoms with Crippen LogP contribution in [-0.2, 0) is 17.9 Å². The van der Waals surface area contributed by atoms with Crippen LogP contribution in [-0.4, -0.2) is 31.8 Å². The SMILES string of the molecule is CC(C)C(=O)NCCn1ncc2c(=O)n(Cc3ccccc3)cnc21. The molecule has 0 aliphatic heterocycles. The molecule has 0 fully saturated rings. The summed E-state index contributed by atoms with van der Waals surface area (Å²) < 4.78 is 3.22. The van der Waals surface area contributed by atoms with E-state index in [-0.39, 0.29) is 17.4 Å². The van der Waals surface area contributed by atoms with Crippen LogP contribution in [0.25, 0.3) is 11.0 Å². The zero-order valence-electron chi connectivity index (χ0n) is 14.3. The second-order valence-corrected chi connectivity index (χ2v) is 6.21. The number of aromatic nitrogens is 4.